The van der Waals surface area contributed by atoms with Gasteiger partial charge in [-0.15, -0.1) is 0 Å². The van der Waals surface area contributed by atoms with Gasteiger partial charge in [0.05, 0.1) is 17.7 Å². The van der Waals surface area contributed by atoms with E-state index in [-0.39, 0.29) is 28.1 Å². The molecule has 0 aromatic heterocycles. The van der Waals surface area contributed by atoms with Gasteiger partial charge in [0.2, 0.25) is 10.0 Å². The summed E-state index contributed by atoms with van der Waals surface area (Å²) in [5, 5.41) is -0.142. The largest absolute Gasteiger partial charge is 0.347 e. The normalized spacial score (nSPS) is 23.7. The summed E-state index contributed by atoms with van der Waals surface area (Å²) in [7, 11) is -3.84. The van der Waals surface area contributed by atoms with Gasteiger partial charge in [0.15, 0.2) is 5.79 Å². The standard InChI is InChI=1S/C15H19ClFNO4S/c1-10-6-14(12(16)7-13(10)17)23(19,20)18-8-11-9-21-15(22-11)4-2-3-5-15/h6-7,11,18H,2-5,8-9H2,1H3. The maximum atomic E-state index is 13.4. The van der Waals surface area contributed by atoms with Crippen molar-refractivity contribution in [1.29, 1.82) is 0 Å². The second-order valence-corrected chi connectivity index (χ2v) is 8.19. The molecular weight excluding hydrogens is 345 g/mol. The van der Waals surface area contributed by atoms with Crippen LogP contribution in [-0.2, 0) is 19.5 Å². The van der Waals surface area contributed by atoms with Crippen molar-refractivity contribution in [1.82, 2.24) is 4.72 Å². The number of sulfonamides is 1. The Morgan fingerprint density at radius 2 is 2.09 bits per heavy atom. The van der Waals surface area contributed by atoms with Gasteiger partial charge in [0.25, 0.3) is 0 Å². The number of nitrogens with one attached hydrogen (secondary N) is 1. The predicted octanol–water partition coefficient (Wildman–Crippen LogP) is 2.75. The monoisotopic (exact) mass is 363 g/mol. The highest BCUT2D eigenvalue weighted by Crippen LogP contribution is 2.39. The van der Waals surface area contributed by atoms with E-state index in [4.69, 9.17) is 21.1 Å². The van der Waals surface area contributed by atoms with Crippen molar-refractivity contribution in [2.75, 3.05) is 13.2 Å². The van der Waals surface area contributed by atoms with Gasteiger partial charge in [-0.25, -0.2) is 17.5 Å². The van der Waals surface area contributed by atoms with Crippen molar-refractivity contribution in [2.45, 2.75) is 49.4 Å². The van der Waals surface area contributed by atoms with Crippen LogP contribution >= 0.6 is 11.6 Å². The molecule has 1 heterocycles. The minimum atomic E-state index is -3.84. The number of ether oxygens (including phenoxy) is 2. The lowest BCUT2D eigenvalue weighted by atomic mass is 10.2. The van der Waals surface area contributed by atoms with Gasteiger partial charge in [0.1, 0.15) is 10.7 Å². The first-order valence-electron chi connectivity index (χ1n) is 7.58. The van der Waals surface area contributed by atoms with E-state index in [2.05, 4.69) is 4.72 Å². The lowest BCUT2D eigenvalue weighted by Gasteiger charge is -2.22. The van der Waals surface area contributed by atoms with E-state index in [9.17, 15) is 12.8 Å². The minimum absolute atomic E-state index is 0.0941. The van der Waals surface area contributed by atoms with Gasteiger partial charge >= 0.3 is 0 Å². The number of benzene rings is 1. The molecule has 1 aliphatic carbocycles. The lowest BCUT2D eigenvalue weighted by molar-refractivity contribution is -0.160. The molecule has 0 amide bonds. The minimum Gasteiger partial charge on any atom is -0.347 e. The third kappa shape index (κ3) is 3.53. The molecule has 1 spiro atoms. The van der Waals surface area contributed by atoms with Crippen LogP contribution in [0.3, 0.4) is 0 Å². The Labute approximate surface area is 140 Å². The fourth-order valence-corrected chi connectivity index (χ4v) is 4.67. The van der Waals surface area contributed by atoms with Gasteiger partial charge in [-0.3, -0.25) is 0 Å². The second kappa shape index (κ2) is 6.29. The maximum Gasteiger partial charge on any atom is 0.242 e. The highest BCUT2D eigenvalue weighted by Gasteiger charge is 2.43. The summed E-state index contributed by atoms with van der Waals surface area (Å²) >= 11 is 5.86. The van der Waals surface area contributed by atoms with Gasteiger partial charge in [-0.1, -0.05) is 11.6 Å². The molecule has 128 valence electrons. The molecule has 1 saturated carbocycles. The molecule has 1 atom stereocenters. The fourth-order valence-electron chi connectivity index (χ4n) is 3.01. The quantitative estimate of drug-likeness (QED) is 0.893. The molecule has 1 aliphatic heterocycles. The first-order chi connectivity index (χ1) is 10.8. The number of rotatable bonds is 4. The fraction of sp³-hybridized carbons (Fsp3) is 0.600. The zero-order chi connectivity index (χ0) is 16.7. The van der Waals surface area contributed by atoms with E-state index in [0.717, 1.165) is 31.7 Å². The molecule has 8 heteroatoms. The molecule has 3 rings (SSSR count). The molecular formula is C15H19ClFNO4S. The first kappa shape index (κ1) is 17.1. The van der Waals surface area contributed by atoms with Crippen LogP contribution < -0.4 is 4.72 Å². The summed E-state index contributed by atoms with van der Waals surface area (Å²) in [5.74, 6) is -1.06. The molecule has 1 aromatic carbocycles. The molecule has 1 aromatic rings. The average molecular weight is 364 g/mol. The van der Waals surface area contributed by atoms with Crippen molar-refractivity contribution in [3.8, 4) is 0 Å². The Kier molecular flexibility index (Phi) is 4.68. The topological polar surface area (TPSA) is 64.6 Å². The average Bonchev–Trinajstić information content (AvgIpc) is 3.11. The molecule has 0 bridgehead atoms. The number of aryl methyl sites for hydroxylation is 1. The molecule has 2 fully saturated rings. The Morgan fingerprint density at radius 1 is 1.39 bits per heavy atom. The molecule has 23 heavy (non-hydrogen) atoms. The van der Waals surface area contributed by atoms with Crippen molar-refractivity contribution in [2.24, 2.45) is 0 Å². The number of hydrogen-bond acceptors (Lipinski definition) is 4. The lowest BCUT2D eigenvalue weighted by Crippen LogP contribution is -2.35. The van der Waals surface area contributed by atoms with Crippen LogP contribution in [-0.4, -0.2) is 33.5 Å². The van der Waals surface area contributed by atoms with Gasteiger partial charge in [0, 0.05) is 19.4 Å². The Morgan fingerprint density at radius 3 is 2.78 bits per heavy atom. The highest BCUT2D eigenvalue weighted by atomic mass is 35.5. The first-order valence-corrected chi connectivity index (χ1v) is 9.45. The van der Waals surface area contributed by atoms with E-state index < -0.39 is 21.6 Å². The molecule has 5 nitrogen and oxygen atoms in total. The van der Waals surface area contributed by atoms with Crippen LogP contribution in [0.1, 0.15) is 31.2 Å². The maximum absolute atomic E-state index is 13.4. The van der Waals surface area contributed by atoms with Crippen molar-refractivity contribution < 1.29 is 22.3 Å². The Hall–Kier alpha value is -0.730. The van der Waals surface area contributed by atoms with E-state index >= 15 is 0 Å². The molecule has 1 N–H and O–H groups in total. The molecule has 0 radical (unpaired) electrons. The third-order valence-electron chi connectivity index (χ3n) is 4.28. The van der Waals surface area contributed by atoms with E-state index in [1.807, 2.05) is 0 Å². The van der Waals surface area contributed by atoms with Gasteiger partial charge in [-0.2, -0.15) is 0 Å². The Bertz CT molecular complexity index is 704. The SMILES string of the molecule is Cc1cc(S(=O)(=O)NCC2COC3(CCCC3)O2)c(Cl)cc1F. The summed E-state index contributed by atoms with van der Waals surface area (Å²) in [5.41, 5.74) is 0.222. The van der Waals surface area contributed by atoms with Gasteiger partial charge < -0.3 is 9.47 Å². The van der Waals surface area contributed by atoms with Crippen LogP contribution in [0.5, 0.6) is 0 Å². The van der Waals surface area contributed by atoms with E-state index in [1.54, 1.807) is 0 Å². The van der Waals surface area contributed by atoms with E-state index in [1.165, 1.54) is 13.0 Å². The summed E-state index contributed by atoms with van der Waals surface area (Å²) < 4.78 is 52.2. The summed E-state index contributed by atoms with van der Waals surface area (Å²) in [6.45, 7) is 1.94. The van der Waals surface area contributed by atoms with Crippen LogP contribution in [0.25, 0.3) is 0 Å². The van der Waals surface area contributed by atoms with Crippen LogP contribution in [0.2, 0.25) is 5.02 Å². The summed E-state index contributed by atoms with van der Waals surface area (Å²) in [6, 6.07) is 2.23. The zero-order valence-corrected chi connectivity index (χ0v) is 14.3. The molecule has 1 unspecified atom stereocenters. The van der Waals surface area contributed by atoms with Crippen LogP contribution in [0, 0.1) is 12.7 Å². The van der Waals surface area contributed by atoms with Crippen molar-refractivity contribution >= 4 is 21.6 Å². The van der Waals surface area contributed by atoms with Crippen molar-refractivity contribution in [3.05, 3.63) is 28.5 Å². The van der Waals surface area contributed by atoms with Crippen molar-refractivity contribution in [3.63, 3.8) is 0 Å². The Balaban J connectivity index is 1.67. The van der Waals surface area contributed by atoms with Gasteiger partial charge in [-0.05, 0) is 37.5 Å². The summed E-state index contributed by atoms with van der Waals surface area (Å²) in [4.78, 5) is -0.132. The van der Waals surface area contributed by atoms with Crippen LogP contribution in [0.4, 0.5) is 4.39 Å². The predicted molar refractivity (Wildman–Crippen MR) is 83.4 cm³/mol. The summed E-state index contributed by atoms with van der Waals surface area (Å²) in [6.07, 6.45) is 3.48. The second-order valence-electron chi connectivity index (χ2n) is 6.05. The molecule has 2 aliphatic rings. The van der Waals surface area contributed by atoms with Crippen LogP contribution in [0.15, 0.2) is 17.0 Å². The highest BCUT2D eigenvalue weighted by molar-refractivity contribution is 7.89. The zero-order valence-electron chi connectivity index (χ0n) is 12.8. The number of halogens is 2. The van der Waals surface area contributed by atoms with E-state index in [0.29, 0.717) is 6.61 Å². The number of hydrogen-bond donors (Lipinski definition) is 1. The smallest absolute Gasteiger partial charge is 0.242 e. The third-order valence-corrected chi connectivity index (χ3v) is 6.17. The molecule has 1 saturated heterocycles.